The van der Waals surface area contributed by atoms with E-state index in [4.69, 9.17) is 9.47 Å². The van der Waals surface area contributed by atoms with Gasteiger partial charge in [0.05, 0.1) is 6.61 Å². The van der Waals surface area contributed by atoms with E-state index in [1.165, 1.54) is 0 Å². The van der Waals surface area contributed by atoms with Gasteiger partial charge in [-0.2, -0.15) is 0 Å². The zero-order valence-corrected chi connectivity index (χ0v) is 24.0. The summed E-state index contributed by atoms with van der Waals surface area (Å²) >= 11 is 0. The Bertz CT molecular complexity index is 1450. The second kappa shape index (κ2) is 11.6. The number of pyridine rings is 2. The average molecular weight is 567 g/mol. The molecule has 0 spiro atoms. The molecule has 0 N–H and O–H groups in total. The highest BCUT2D eigenvalue weighted by Crippen LogP contribution is 2.43. The number of esters is 1. The molecule has 2 aliphatic heterocycles. The van der Waals surface area contributed by atoms with Crippen LogP contribution in [0.4, 0.5) is 25.1 Å². The number of aromatic nitrogens is 2. The van der Waals surface area contributed by atoms with Crippen LogP contribution in [0, 0.1) is 0 Å². The molecule has 0 atom stereocenters. The Balaban J connectivity index is 1.49. The van der Waals surface area contributed by atoms with Crippen LogP contribution < -0.4 is 4.90 Å². The zero-order valence-electron chi connectivity index (χ0n) is 24.0. The third-order valence-corrected chi connectivity index (χ3v) is 7.53. The number of alkyl halides is 2. The van der Waals surface area contributed by atoms with Gasteiger partial charge in [-0.05, 0) is 88.6 Å². The molecule has 3 aromatic rings. The number of likely N-dealkylation sites (tertiary alicyclic amines) is 1. The Hall–Kier alpha value is -3.82. The van der Waals surface area contributed by atoms with E-state index in [2.05, 4.69) is 9.97 Å². The quantitative estimate of drug-likeness (QED) is 0.309. The van der Waals surface area contributed by atoms with E-state index in [9.17, 15) is 18.4 Å². The number of hydrogen-bond acceptors (Lipinski definition) is 7. The van der Waals surface area contributed by atoms with Crippen LogP contribution >= 0.6 is 0 Å². The number of benzene rings is 1. The Labute approximate surface area is 238 Å². The maximum atomic E-state index is 14.6. The Kier molecular flexibility index (Phi) is 8.11. The van der Waals surface area contributed by atoms with Crippen molar-refractivity contribution in [3.63, 3.8) is 0 Å². The number of piperidine rings is 1. The molecule has 1 saturated heterocycles. The van der Waals surface area contributed by atoms with E-state index < -0.39 is 18.0 Å². The molecule has 2 aliphatic rings. The molecule has 1 fully saturated rings. The Morgan fingerprint density at radius 1 is 1.12 bits per heavy atom. The normalized spacial score (nSPS) is 16.2. The summed E-state index contributed by atoms with van der Waals surface area (Å²) in [6.45, 7) is 8.87. The van der Waals surface area contributed by atoms with Gasteiger partial charge in [0.15, 0.2) is 11.5 Å². The number of halogens is 2. The van der Waals surface area contributed by atoms with Crippen molar-refractivity contribution in [3.8, 4) is 0 Å². The lowest BCUT2D eigenvalue weighted by molar-refractivity contribution is 0.0203. The molecule has 1 aromatic carbocycles. The first-order valence-electron chi connectivity index (χ1n) is 14.2. The number of aryl methyl sites for hydroxylation is 1. The lowest BCUT2D eigenvalue weighted by Gasteiger charge is -2.36. The predicted molar refractivity (Wildman–Crippen MR) is 152 cm³/mol. The van der Waals surface area contributed by atoms with E-state index >= 15 is 0 Å². The number of carbonyl (C=O) groups is 2. The molecule has 8 nitrogen and oxygen atoms in total. The van der Waals surface area contributed by atoms with E-state index in [1.54, 1.807) is 36.2 Å². The summed E-state index contributed by atoms with van der Waals surface area (Å²) in [4.78, 5) is 37.8. The molecule has 0 bridgehead atoms. The summed E-state index contributed by atoms with van der Waals surface area (Å²) in [6.07, 6.45) is 1.30. The molecular weight excluding hydrogens is 530 g/mol. The van der Waals surface area contributed by atoms with Crippen molar-refractivity contribution in [2.24, 2.45) is 0 Å². The van der Waals surface area contributed by atoms with Crippen LogP contribution in [-0.4, -0.2) is 58.8 Å². The molecule has 2 aromatic heterocycles. The van der Waals surface area contributed by atoms with E-state index in [0.717, 1.165) is 23.8 Å². The monoisotopic (exact) mass is 566 g/mol. The van der Waals surface area contributed by atoms with Crippen molar-refractivity contribution < 1.29 is 27.8 Å². The van der Waals surface area contributed by atoms with Gasteiger partial charge in [0, 0.05) is 42.5 Å². The minimum absolute atomic E-state index is 0.00909. The molecule has 5 rings (SSSR count). The fraction of sp³-hybridized carbons (Fsp3) is 0.484. The maximum Gasteiger partial charge on any atom is 0.410 e. The van der Waals surface area contributed by atoms with E-state index in [0.29, 0.717) is 55.1 Å². The molecule has 1 amide bonds. The van der Waals surface area contributed by atoms with Crippen LogP contribution in [0.2, 0.25) is 0 Å². The van der Waals surface area contributed by atoms with Gasteiger partial charge in [-0.3, -0.25) is 4.98 Å². The molecule has 0 radical (unpaired) electrons. The number of hydrogen-bond donors (Lipinski definition) is 0. The van der Waals surface area contributed by atoms with Gasteiger partial charge in [-0.25, -0.2) is 23.4 Å². The van der Waals surface area contributed by atoms with E-state index in [-0.39, 0.29) is 29.9 Å². The minimum atomic E-state index is -2.67. The van der Waals surface area contributed by atoms with Gasteiger partial charge in [0.2, 0.25) is 0 Å². The minimum Gasteiger partial charge on any atom is -0.461 e. The molecule has 218 valence electrons. The van der Waals surface area contributed by atoms with Gasteiger partial charge in [-0.15, -0.1) is 0 Å². The first kappa shape index (κ1) is 28.7. The van der Waals surface area contributed by atoms with Crippen LogP contribution in [-0.2, 0) is 15.9 Å². The van der Waals surface area contributed by atoms with Crippen molar-refractivity contribution >= 4 is 34.5 Å². The maximum absolute atomic E-state index is 14.6. The number of anilines is 2. The Morgan fingerprint density at radius 3 is 2.56 bits per heavy atom. The summed E-state index contributed by atoms with van der Waals surface area (Å²) in [5.41, 5.74) is 2.39. The number of fused-ring (bicyclic) bond motifs is 2. The third-order valence-electron chi connectivity index (χ3n) is 7.53. The third kappa shape index (κ3) is 6.11. The first-order chi connectivity index (χ1) is 19.6. The summed E-state index contributed by atoms with van der Waals surface area (Å²) in [6, 6.07) is 8.77. The molecule has 0 unspecified atom stereocenters. The SMILES string of the molecule is CCOC(=O)c1cc2cccnc2c(N2CCCc3cc(C4CCN(C(=O)OC(C)(C)C)CC4)c(C(F)F)cc32)n1. The molecule has 0 aliphatic carbocycles. The van der Waals surface area contributed by atoms with Crippen LogP contribution in [0.15, 0.2) is 36.5 Å². The number of carbonyl (C=O) groups excluding carboxylic acids is 2. The molecule has 4 heterocycles. The molecule has 0 saturated carbocycles. The average Bonchev–Trinajstić information content (AvgIpc) is 2.95. The molecular formula is C31H36F2N4O4. The fourth-order valence-corrected chi connectivity index (χ4v) is 5.70. The highest BCUT2D eigenvalue weighted by Gasteiger charge is 2.32. The second-order valence-corrected chi connectivity index (χ2v) is 11.5. The number of rotatable bonds is 5. The van der Waals surface area contributed by atoms with Crippen molar-refractivity contribution in [1.29, 1.82) is 0 Å². The smallest absolute Gasteiger partial charge is 0.410 e. The van der Waals surface area contributed by atoms with Gasteiger partial charge in [-0.1, -0.05) is 12.1 Å². The van der Waals surface area contributed by atoms with Crippen molar-refractivity contribution in [1.82, 2.24) is 14.9 Å². The lowest BCUT2D eigenvalue weighted by atomic mass is 9.84. The topological polar surface area (TPSA) is 84.9 Å². The molecule has 41 heavy (non-hydrogen) atoms. The van der Waals surface area contributed by atoms with Gasteiger partial charge in [0.1, 0.15) is 11.1 Å². The lowest BCUT2D eigenvalue weighted by Crippen LogP contribution is -2.41. The summed E-state index contributed by atoms with van der Waals surface area (Å²) in [5, 5.41) is 0.718. The van der Waals surface area contributed by atoms with Crippen molar-refractivity contribution in [2.75, 3.05) is 31.1 Å². The zero-order chi connectivity index (χ0) is 29.3. The number of amides is 1. The highest BCUT2D eigenvalue weighted by molar-refractivity contribution is 5.98. The van der Waals surface area contributed by atoms with E-state index in [1.807, 2.05) is 37.8 Å². The highest BCUT2D eigenvalue weighted by atomic mass is 19.3. The van der Waals surface area contributed by atoms with Gasteiger partial charge < -0.3 is 19.3 Å². The molecule has 10 heteroatoms. The standard InChI is InChI=1S/C31H36F2N4O4/c1-5-40-29(38)24-17-21-8-6-12-34-26(21)28(35-24)37-13-7-9-20-16-22(23(27(32)33)18-25(20)37)19-10-14-36(15-11-19)30(39)41-31(2,3)4/h6,8,12,16-19,27H,5,7,9-11,13-15H2,1-4H3. The van der Waals surface area contributed by atoms with Crippen LogP contribution in [0.25, 0.3) is 10.9 Å². The number of nitrogens with zero attached hydrogens (tertiary/aromatic N) is 4. The van der Waals surface area contributed by atoms with Crippen LogP contribution in [0.5, 0.6) is 0 Å². The van der Waals surface area contributed by atoms with Crippen molar-refractivity contribution in [2.45, 2.75) is 71.3 Å². The van der Waals surface area contributed by atoms with Crippen molar-refractivity contribution in [3.05, 3.63) is 58.9 Å². The van der Waals surface area contributed by atoms with Crippen LogP contribution in [0.3, 0.4) is 0 Å². The van der Waals surface area contributed by atoms with Gasteiger partial charge in [0.25, 0.3) is 6.43 Å². The predicted octanol–water partition coefficient (Wildman–Crippen LogP) is 6.94. The second-order valence-electron chi connectivity index (χ2n) is 11.5. The summed E-state index contributed by atoms with van der Waals surface area (Å²) < 4.78 is 39.9. The summed E-state index contributed by atoms with van der Waals surface area (Å²) in [5.74, 6) is -0.185. The first-order valence-corrected chi connectivity index (χ1v) is 14.2. The van der Waals surface area contributed by atoms with Crippen LogP contribution in [0.1, 0.15) is 86.5 Å². The fourth-order valence-electron chi connectivity index (χ4n) is 5.70. The summed E-state index contributed by atoms with van der Waals surface area (Å²) in [7, 11) is 0. The number of ether oxygens (including phenoxy) is 2. The van der Waals surface area contributed by atoms with Gasteiger partial charge >= 0.3 is 12.1 Å². The Morgan fingerprint density at radius 2 is 1.88 bits per heavy atom. The largest absolute Gasteiger partial charge is 0.461 e.